The number of fused-ring (bicyclic) bond motifs is 2. The normalized spacial score (nSPS) is 48.1. The first kappa shape index (κ1) is 7.14. The molecule has 0 amide bonds. The van der Waals surface area contributed by atoms with E-state index < -0.39 is 5.97 Å². The standard InChI is InChI=1S/C9H14O2/c1-5-2-6-3-7(5)8(4-6)9(10)11/h5-8H,2-4H2,1H3,(H,10,11). The molecular weight excluding hydrogens is 140 g/mol. The molecule has 0 heterocycles. The van der Waals surface area contributed by atoms with Gasteiger partial charge in [-0.05, 0) is 37.0 Å². The minimum atomic E-state index is -0.566. The van der Waals surface area contributed by atoms with Crippen molar-refractivity contribution in [3.8, 4) is 0 Å². The second-order valence-corrected chi connectivity index (χ2v) is 4.16. The highest BCUT2D eigenvalue weighted by atomic mass is 16.4. The van der Waals surface area contributed by atoms with Crippen molar-refractivity contribution in [1.82, 2.24) is 0 Å². The summed E-state index contributed by atoms with van der Waals surface area (Å²) in [6.45, 7) is 2.19. The molecule has 2 nitrogen and oxygen atoms in total. The molecule has 11 heavy (non-hydrogen) atoms. The van der Waals surface area contributed by atoms with Gasteiger partial charge in [-0.3, -0.25) is 4.79 Å². The van der Waals surface area contributed by atoms with E-state index in [2.05, 4.69) is 6.92 Å². The zero-order valence-corrected chi connectivity index (χ0v) is 6.79. The Hall–Kier alpha value is -0.530. The van der Waals surface area contributed by atoms with Crippen LogP contribution in [0.25, 0.3) is 0 Å². The molecule has 2 saturated carbocycles. The summed E-state index contributed by atoms with van der Waals surface area (Å²) >= 11 is 0. The molecule has 4 unspecified atom stereocenters. The summed E-state index contributed by atoms with van der Waals surface area (Å²) in [5.41, 5.74) is 0. The van der Waals surface area contributed by atoms with Gasteiger partial charge in [0.15, 0.2) is 0 Å². The van der Waals surface area contributed by atoms with Crippen LogP contribution in [0.4, 0.5) is 0 Å². The van der Waals surface area contributed by atoms with Crippen LogP contribution in [0, 0.1) is 23.7 Å². The number of aliphatic carboxylic acids is 1. The second-order valence-electron chi connectivity index (χ2n) is 4.16. The molecule has 62 valence electrons. The Morgan fingerprint density at radius 2 is 2.09 bits per heavy atom. The zero-order chi connectivity index (χ0) is 8.01. The number of carboxylic acids is 1. The Morgan fingerprint density at radius 1 is 1.36 bits per heavy atom. The Balaban J connectivity index is 2.12. The molecule has 0 aliphatic heterocycles. The average molecular weight is 154 g/mol. The van der Waals surface area contributed by atoms with E-state index in [0.717, 1.165) is 12.3 Å². The first-order valence-corrected chi connectivity index (χ1v) is 4.41. The van der Waals surface area contributed by atoms with Crippen LogP contribution in [-0.2, 0) is 4.79 Å². The summed E-state index contributed by atoms with van der Waals surface area (Å²) in [6.07, 6.45) is 3.40. The van der Waals surface area contributed by atoms with Gasteiger partial charge in [-0.15, -0.1) is 0 Å². The second kappa shape index (κ2) is 2.23. The number of hydrogen-bond donors (Lipinski definition) is 1. The molecule has 2 heteroatoms. The monoisotopic (exact) mass is 154 g/mol. The molecule has 2 aliphatic rings. The molecule has 0 radical (unpaired) electrons. The van der Waals surface area contributed by atoms with Crippen molar-refractivity contribution in [1.29, 1.82) is 0 Å². The van der Waals surface area contributed by atoms with Crippen molar-refractivity contribution in [2.24, 2.45) is 23.7 Å². The van der Waals surface area contributed by atoms with E-state index in [1.807, 2.05) is 0 Å². The first-order chi connectivity index (χ1) is 5.18. The van der Waals surface area contributed by atoms with Crippen molar-refractivity contribution in [3.63, 3.8) is 0 Å². The van der Waals surface area contributed by atoms with Gasteiger partial charge in [-0.25, -0.2) is 0 Å². The predicted molar refractivity (Wildman–Crippen MR) is 41.1 cm³/mol. The first-order valence-electron chi connectivity index (χ1n) is 4.41. The quantitative estimate of drug-likeness (QED) is 0.624. The van der Waals surface area contributed by atoms with E-state index in [4.69, 9.17) is 5.11 Å². The SMILES string of the molecule is CC1CC2CC(C(=O)O)C1C2. The van der Waals surface area contributed by atoms with E-state index >= 15 is 0 Å². The summed E-state index contributed by atoms with van der Waals surface area (Å²) in [6, 6.07) is 0. The van der Waals surface area contributed by atoms with Crippen LogP contribution < -0.4 is 0 Å². The Labute approximate surface area is 66.6 Å². The third-order valence-corrected chi connectivity index (χ3v) is 3.46. The molecule has 1 N–H and O–H groups in total. The summed E-state index contributed by atoms with van der Waals surface area (Å²) in [5, 5.41) is 8.85. The average Bonchev–Trinajstić information content (AvgIpc) is 2.43. The van der Waals surface area contributed by atoms with Gasteiger partial charge < -0.3 is 5.11 Å². The lowest BCUT2D eigenvalue weighted by atomic mass is 9.82. The van der Waals surface area contributed by atoms with Crippen molar-refractivity contribution in [2.45, 2.75) is 26.2 Å². The maximum atomic E-state index is 10.7. The van der Waals surface area contributed by atoms with Gasteiger partial charge in [-0.1, -0.05) is 6.92 Å². The number of carbonyl (C=O) groups is 1. The topological polar surface area (TPSA) is 37.3 Å². The van der Waals surface area contributed by atoms with Crippen LogP contribution in [0.5, 0.6) is 0 Å². The van der Waals surface area contributed by atoms with Gasteiger partial charge in [0.2, 0.25) is 0 Å². The maximum Gasteiger partial charge on any atom is 0.306 e. The van der Waals surface area contributed by atoms with Gasteiger partial charge in [0.1, 0.15) is 0 Å². The number of hydrogen-bond acceptors (Lipinski definition) is 1. The fourth-order valence-electron chi connectivity index (χ4n) is 2.99. The van der Waals surface area contributed by atoms with E-state index in [0.29, 0.717) is 11.8 Å². The van der Waals surface area contributed by atoms with Crippen molar-refractivity contribution in [2.75, 3.05) is 0 Å². The minimum absolute atomic E-state index is 0.0104. The van der Waals surface area contributed by atoms with Crippen LogP contribution in [0.2, 0.25) is 0 Å². The van der Waals surface area contributed by atoms with Crippen LogP contribution in [0.3, 0.4) is 0 Å². The van der Waals surface area contributed by atoms with Gasteiger partial charge in [0.05, 0.1) is 5.92 Å². The molecule has 0 aromatic heterocycles. The van der Waals surface area contributed by atoms with Crippen LogP contribution in [0.1, 0.15) is 26.2 Å². The largest absolute Gasteiger partial charge is 0.481 e. The van der Waals surface area contributed by atoms with Crippen LogP contribution >= 0.6 is 0 Å². The molecule has 0 spiro atoms. The van der Waals surface area contributed by atoms with Crippen LogP contribution in [-0.4, -0.2) is 11.1 Å². The van der Waals surface area contributed by atoms with Gasteiger partial charge in [0, 0.05) is 0 Å². The smallest absolute Gasteiger partial charge is 0.306 e. The highest BCUT2D eigenvalue weighted by Crippen LogP contribution is 2.51. The lowest BCUT2D eigenvalue weighted by Crippen LogP contribution is -2.24. The van der Waals surface area contributed by atoms with E-state index in [1.165, 1.54) is 12.8 Å². The fourth-order valence-corrected chi connectivity index (χ4v) is 2.99. The molecule has 2 aliphatic carbocycles. The molecule has 4 atom stereocenters. The lowest BCUT2D eigenvalue weighted by Gasteiger charge is -2.23. The van der Waals surface area contributed by atoms with E-state index in [9.17, 15) is 4.79 Å². The maximum absolute atomic E-state index is 10.7. The van der Waals surface area contributed by atoms with E-state index in [1.54, 1.807) is 0 Å². The zero-order valence-electron chi connectivity index (χ0n) is 6.79. The Bertz CT molecular complexity index is 188. The van der Waals surface area contributed by atoms with Crippen molar-refractivity contribution >= 4 is 5.97 Å². The summed E-state index contributed by atoms with van der Waals surface area (Å²) < 4.78 is 0. The fraction of sp³-hybridized carbons (Fsp3) is 0.889. The van der Waals surface area contributed by atoms with Crippen molar-refractivity contribution in [3.05, 3.63) is 0 Å². The van der Waals surface area contributed by atoms with E-state index in [-0.39, 0.29) is 5.92 Å². The molecule has 0 aromatic carbocycles. The molecule has 0 saturated heterocycles. The van der Waals surface area contributed by atoms with Crippen LogP contribution in [0.15, 0.2) is 0 Å². The molecule has 2 bridgehead atoms. The van der Waals surface area contributed by atoms with Gasteiger partial charge >= 0.3 is 5.97 Å². The Kier molecular flexibility index (Phi) is 1.44. The van der Waals surface area contributed by atoms with Crippen molar-refractivity contribution < 1.29 is 9.90 Å². The number of rotatable bonds is 1. The summed E-state index contributed by atoms with van der Waals surface area (Å²) in [4.78, 5) is 10.7. The number of carboxylic acid groups (broad SMARTS) is 1. The third-order valence-electron chi connectivity index (χ3n) is 3.46. The van der Waals surface area contributed by atoms with Gasteiger partial charge in [0.25, 0.3) is 0 Å². The lowest BCUT2D eigenvalue weighted by molar-refractivity contribution is -0.144. The molecule has 2 rings (SSSR count). The Morgan fingerprint density at radius 3 is 2.45 bits per heavy atom. The minimum Gasteiger partial charge on any atom is -0.481 e. The molecular formula is C9H14O2. The van der Waals surface area contributed by atoms with Gasteiger partial charge in [-0.2, -0.15) is 0 Å². The highest BCUT2D eigenvalue weighted by molar-refractivity contribution is 5.71. The molecule has 2 fully saturated rings. The third kappa shape index (κ3) is 0.959. The highest BCUT2D eigenvalue weighted by Gasteiger charge is 2.47. The summed E-state index contributed by atoms with van der Waals surface area (Å²) in [5.74, 6) is 1.32. The predicted octanol–water partition coefficient (Wildman–Crippen LogP) is 1.75. The molecule has 0 aromatic rings. The summed E-state index contributed by atoms with van der Waals surface area (Å²) in [7, 11) is 0.